The van der Waals surface area contributed by atoms with Gasteiger partial charge in [-0.05, 0) is 17.7 Å². The minimum Gasteiger partial charge on any atom is -0.507 e. The van der Waals surface area contributed by atoms with Gasteiger partial charge in [0.1, 0.15) is 5.75 Å². The van der Waals surface area contributed by atoms with Crippen LogP contribution >= 0.6 is 0 Å². The molecule has 0 heterocycles. The van der Waals surface area contributed by atoms with Crippen molar-refractivity contribution >= 4 is 12.1 Å². The fourth-order valence-electron chi connectivity index (χ4n) is 1.61. The summed E-state index contributed by atoms with van der Waals surface area (Å²) in [5.41, 5.74) is 3.19. The largest absolute Gasteiger partial charge is 0.507 e. The highest BCUT2D eigenvalue weighted by molar-refractivity contribution is 5.86. The van der Waals surface area contributed by atoms with Gasteiger partial charge in [-0.3, -0.25) is 4.79 Å². The Hall–Kier alpha value is -2.66. The van der Waals surface area contributed by atoms with E-state index in [9.17, 15) is 15.0 Å². The van der Waals surface area contributed by atoms with Crippen molar-refractivity contribution in [1.82, 2.24) is 5.43 Å². The Bertz CT molecular complexity index is 612. The summed E-state index contributed by atoms with van der Waals surface area (Å²) < 4.78 is 0. The number of amides is 1. The Labute approximate surface area is 116 Å². The summed E-state index contributed by atoms with van der Waals surface area (Å²) >= 11 is 0. The molecule has 0 saturated heterocycles. The van der Waals surface area contributed by atoms with Crippen molar-refractivity contribution in [2.45, 2.75) is 6.10 Å². The molecule has 0 aliphatic heterocycles. The second kappa shape index (κ2) is 6.49. The number of phenols is 1. The lowest BCUT2D eigenvalue weighted by molar-refractivity contribution is -0.129. The minimum atomic E-state index is -1.28. The highest BCUT2D eigenvalue weighted by Gasteiger charge is 2.15. The molecule has 0 saturated carbocycles. The number of aliphatic hydroxyl groups excluding tert-OH is 1. The number of para-hydroxylation sites is 1. The van der Waals surface area contributed by atoms with Crippen molar-refractivity contribution < 1.29 is 15.0 Å². The number of hydrogen-bond acceptors (Lipinski definition) is 4. The van der Waals surface area contributed by atoms with Gasteiger partial charge in [-0.25, -0.2) is 5.43 Å². The summed E-state index contributed by atoms with van der Waals surface area (Å²) in [6, 6.07) is 15.2. The van der Waals surface area contributed by atoms with Gasteiger partial charge in [0.25, 0.3) is 5.91 Å². The number of carbonyl (C=O) groups excluding carboxylic acids is 1. The van der Waals surface area contributed by atoms with E-state index < -0.39 is 12.0 Å². The van der Waals surface area contributed by atoms with Crippen molar-refractivity contribution in [3.05, 3.63) is 65.7 Å². The molecule has 2 aromatic carbocycles. The average molecular weight is 270 g/mol. The molecule has 20 heavy (non-hydrogen) atoms. The Kier molecular flexibility index (Phi) is 4.47. The fourth-order valence-corrected chi connectivity index (χ4v) is 1.61. The lowest BCUT2D eigenvalue weighted by Gasteiger charge is -2.08. The van der Waals surface area contributed by atoms with Crippen LogP contribution in [-0.4, -0.2) is 22.3 Å². The maximum atomic E-state index is 11.7. The average Bonchev–Trinajstić information content (AvgIpc) is 2.49. The van der Waals surface area contributed by atoms with Crippen molar-refractivity contribution in [1.29, 1.82) is 0 Å². The third-order valence-electron chi connectivity index (χ3n) is 2.68. The van der Waals surface area contributed by atoms with Crippen LogP contribution in [0.3, 0.4) is 0 Å². The first-order chi connectivity index (χ1) is 9.68. The summed E-state index contributed by atoms with van der Waals surface area (Å²) in [7, 11) is 0. The predicted molar refractivity (Wildman–Crippen MR) is 75.2 cm³/mol. The minimum absolute atomic E-state index is 0.0640. The topological polar surface area (TPSA) is 81.9 Å². The third kappa shape index (κ3) is 3.43. The summed E-state index contributed by atoms with van der Waals surface area (Å²) in [6.07, 6.45) is 0.0306. The Morgan fingerprint density at radius 3 is 2.45 bits per heavy atom. The number of aliphatic hydroxyl groups is 1. The molecule has 1 atom stereocenters. The zero-order chi connectivity index (χ0) is 14.4. The second-order valence-electron chi connectivity index (χ2n) is 4.11. The van der Waals surface area contributed by atoms with Gasteiger partial charge < -0.3 is 10.2 Å². The molecule has 0 bridgehead atoms. The van der Waals surface area contributed by atoms with E-state index in [1.54, 1.807) is 48.5 Å². The zero-order valence-electron chi connectivity index (χ0n) is 10.6. The monoisotopic (exact) mass is 270 g/mol. The van der Waals surface area contributed by atoms with Crippen molar-refractivity contribution in [3.63, 3.8) is 0 Å². The Balaban J connectivity index is 1.97. The van der Waals surface area contributed by atoms with E-state index in [-0.39, 0.29) is 5.75 Å². The van der Waals surface area contributed by atoms with Crippen LogP contribution < -0.4 is 5.43 Å². The van der Waals surface area contributed by atoms with Gasteiger partial charge >= 0.3 is 0 Å². The van der Waals surface area contributed by atoms with Crippen LogP contribution in [0.25, 0.3) is 0 Å². The zero-order valence-corrected chi connectivity index (χ0v) is 10.6. The number of rotatable bonds is 4. The molecule has 5 heteroatoms. The van der Waals surface area contributed by atoms with Crippen LogP contribution in [0.15, 0.2) is 59.7 Å². The number of carbonyl (C=O) groups is 1. The number of hydrogen-bond donors (Lipinski definition) is 3. The molecule has 0 unspecified atom stereocenters. The van der Waals surface area contributed by atoms with Crippen LogP contribution in [0.1, 0.15) is 17.2 Å². The van der Waals surface area contributed by atoms with Crippen LogP contribution in [0, 0.1) is 0 Å². The molecule has 0 fully saturated rings. The van der Waals surface area contributed by atoms with Gasteiger partial charge in [0.15, 0.2) is 6.10 Å². The number of hydrazone groups is 1. The van der Waals surface area contributed by atoms with Crippen molar-refractivity contribution in [3.8, 4) is 5.75 Å². The summed E-state index contributed by atoms with van der Waals surface area (Å²) in [4.78, 5) is 11.7. The van der Waals surface area contributed by atoms with Crippen LogP contribution in [0.5, 0.6) is 5.75 Å². The quantitative estimate of drug-likeness (QED) is 0.582. The third-order valence-corrected chi connectivity index (χ3v) is 2.68. The van der Waals surface area contributed by atoms with Crippen LogP contribution in [0.2, 0.25) is 0 Å². The molecule has 2 rings (SSSR count). The van der Waals surface area contributed by atoms with Crippen molar-refractivity contribution in [2.75, 3.05) is 0 Å². The molecule has 5 nitrogen and oxygen atoms in total. The molecule has 0 aliphatic carbocycles. The maximum absolute atomic E-state index is 11.7. The fraction of sp³-hybridized carbons (Fsp3) is 0.0667. The number of aromatic hydroxyl groups is 1. The highest BCUT2D eigenvalue weighted by atomic mass is 16.3. The van der Waals surface area contributed by atoms with Gasteiger partial charge in [0, 0.05) is 5.56 Å². The molecule has 0 radical (unpaired) electrons. The molecular weight excluding hydrogens is 256 g/mol. The van der Waals surface area contributed by atoms with E-state index in [4.69, 9.17) is 0 Å². The van der Waals surface area contributed by atoms with Gasteiger partial charge in [-0.1, -0.05) is 42.5 Å². The lowest BCUT2D eigenvalue weighted by Crippen LogP contribution is -2.25. The lowest BCUT2D eigenvalue weighted by atomic mass is 10.1. The van der Waals surface area contributed by atoms with Crippen LogP contribution in [0.4, 0.5) is 0 Å². The first-order valence-corrected chi connectivity index (χ1v) is 6.02. The first-order valence-electron chi connectivity index (χ1n) is 6.02. The van der Waals surface area contributed by atoms with E-state index in [1.807, 2.05) is 0 Å². The number of nitrogens with one attached hydrogen (secondary N) is 1. The first kappa shape index (κ1) is 13.8. The Morgan fingerprint density at radius 2 is 1.75 bits per heavy atom. The smallest absolute Gasteiger partial charge is 0.273 e. The Morgan fingerprint density at radius 1 is 1.10 bits per heavy atom. The second-order valence-corrected chi connectivity index (χ2v) is 4.11. The molecule has 3 N–H and O–H groups in total. The molecular formula is C15H14N2O3. The summed E-state index contributed by atoms with van der Waals surface area (Å²) in [5, 5.41) is 23.0. The molecule has 0 spiro atoms. The van der Waals surface area contributed by atoms with E-state index in [0.29, 0.717) is 11.1 Å². The summed E-state index contributed by atoms with van der Waals surface area (Å²) in [6.45, 7) is 0. The SMILES string of the molecule is O=C(N/N=C/c1ccccc1O)[C@@H](O)c1ccccc1. The number of phenolic OH excluding ortho intramolecular Hbond substituents is 1. The van der Waals surface area contributed by atoms with Gasteiger partial charge in [0.05, 0.1) is 6.21 Å². The molecule has 0 aliphatic rings. The summed E-state index contributed by atoms with van der Waals surface area (Å²) in [5.74, 6) is -0.572. The molecule has 2 aromatic rings. The van der Waals surface area contributed by atoms with Gasteiger partial charge in [-0.15, -0.1) is 0 Å². The van der Waals surface area contributed by atoms with Gasteiger partial charge in [0.2, 0.25) is 0 Å². The van der Waals surface area contributed by atoms with E-state index >= 15 is 0 Å². The van der Waals surface area contributed by atoms with E-state index in [1.165, 1.54) is 12.3 Å². The molecule has 0 aromatic heterocycles. The van der Waals surface area contributed by atoms with Crippen LogP contribution in [-0.2, 0) is 4.79 Å². The predicted octanol–water partition coefficient (Wildman–Crippen LogP) is 1.58. The standard InChI is InChI=1S/C15H14N2O3/c18-13-9-5-4-8-12(13)10-16-17-15(20)14(19)11-6-2-1-3-7-11/h1-10,14,18-19H,(H,17,20)/b16-10+/t14-/m0/s1. The van der Waals surface area contributed by atoms with E-state index in [2.05, 4.69) is 10.5 Å². The highest BCUT2D eigenvalue weighted by Crippen LogP contribution is 2.13. The van der Waals surface area contributed by atoms with Crippen molar-refractivity contribution in [2.24, 2.45) is 5.10 Å². The maximum Gasteiger partial charge on any atom is 0.273 e. The van der Waals surface area contributed by atoms with E-state index in [0.717, 1.165) is 0 Å². The normalized spacial score (nSPS) is 12.2. The molecule has 102 valence electrons. The number of benzene rings is 2. The number of nitrogens with zero attached hydrogens (tertiary/aromatic N) is 1. The molecule has 1 amide bonds. The van der Waals surface area contributed by atoms with Gasteiger partial charge in [-0.2, -0.15) is 5.10 Å².